The zero-order chi connectivity index (χ0) is 21.2. The molecule has 0 aromatic heterocycles. The fraction of sp³-hybridized carbons (Fsp3) is 0.591. The smallest absolute Gasteiger partial charge is 0.253 e. The van der Waals surface area contributed by atoms with E-state index in [1.54, 1.807) is 14.1 Å². The summed E-state index contributed by atoms with van der Waals surface area (Å²) in [6, 6.07) is 7.77. The molecule has 0 atom stereocenters. The molecule has 0 aliphatic carbocycles. The number of likely N-dealkylation sites (tertiary alicyclic amines) is 1. The van der Waals surface area contributed by atoms with Crippen LogP contribution in [0.5, 0.6) is 0 Å². The largest absolute Gasteiger partial charge is 0.359 e. The Morgan fingerprint density at radius 1 is 1.14 bits per heavy atom. The van der Waals surface area contributed by atoms with Gasteiger partial charge in [-0.2, -0.15) is 0 Å². The lowest BCUT2D eigenvalue weighted by Gasteiger charge is -2.34. The topological polar surface area (TPSA) is 77.0 Å². The third-order valence-corrected chi connectivity index (χ3v) is 5.58. The Bertz CT molecular complexity index is 690. The van der Waals surface area contributed by atoms with Crippen LogP contribution < -0.4 is 10.6 Å². The van der Waals surface area contributed by atoms with Crippen molar-refractivity contribution in [1.29, 1.82) is 0 Å². The summed E-state index contributed by atoms with van der Waals surface area (Å²) in [5.74, 6) is 1.52. The standard InChI is InChI=1S/C22H35N5O2/c1-5-26(6-2)21(29)19-9-7-18(8-10-19)16-25-22(24-4)27-13-11-17(12-14-27)15-20(28)23-3/h7-10,17H,5-6,11-16H2,1-4H3,(H,23,28)(H,24,25). The molecule has 0 spiro atoms. The number of piperidine rings is 1. The molecular formula is C22H35N5O2. The Balaban J connectivity index is 1.85. The number of benzene rings is 1. The Morgan fingerprint density at radius 3 is 2.28 bits per heavy atom. The second-order valence-electron chi connectivity index (χ2n) is 7.38. The Kier molecular flexibility index (Phi) is 8.96. The lowest BCUT2D eigenvalue weighted by molar-refractivity contribution is -0.121. The first-order chi connectivity index (χ1) is 14.0. The van der Waals surface area contributed by atoms with Crippen molar-refractivity contribution < 1.29 is 9.59 Å². The van der Waals surface area contributed by atoms with Crippen LogP contribution in [-0.2, 0) is 11.3 Å². The average molecular weight is 402 g/mol. The summed E-state index contributed by atoms with van der Waals surface area (Å²) in [5.41, 5.74) is 1.83. The van der Waals surface area contributed by atoms with Gasteiger partial charge in [0, 0.05) is 58.8 Å². The molecule has 1 saturated heterocycles. The number of amides is 2. The van der Waals surface area contributed by atoms with E-state index in [4.69, 9.17) is 0 Å². The van der Waals surface area contributed by atoms with Crippen LogP contribution in [0.15, 0.2) is 29.3 Å². The van der Waals surface area contributed by atoms with Gasteiger partial charge in [-0.1, -0.05) is 12.1 Å². The van der Waals surface area contributed by atoms with Gasteiger partial charge in [0.1, 0.15) is 0 Å². The second kappa shape index (κ2) is 11.4. The van der Waals surface area contributed by atoms with Crippen molar-refractivity contribution in [3.05, 3.63) is 35.4 Å². The van der Waals surface area contributed by atoms with Gasteiger partial charge in [-0.15, -0.1) is 0 Å². The molecule has 160 valence electrons. The Morgan fingerprint density at radius 2 is 1.76 bits per heavy atom. The Labute approximate surface area is 174 Å². The third-order valence-electron chi connectivity index (χ3n) is 5.58. The molecule has 1 aliphatic heterocycles. The normalized spacial score (nSPS) is 15.2. The summed E-state index contributed by atoms with van der Waals surface area (Å²) in [5, 5.41) is 6.12. The van der Waals surface area contributed by atoms with Gasteiger partial charge in [0.25, 0.3) is 5.91 Å². The first-order valence-electron chi connectivity index (χ1n) is 10.6. The minimum Gasteiger partial charge on any atom is -0.359 e. The third kappa shape index (κ3) is 6.48. The van der Waals surface area contributed by atoms with E-state index in [1.165, 1.54) is 0 Å². The summed E-state index contributed by atoms with van der Waals surface area (Å²) < 4.78 is 0. The molecular weight excluding hydrogens is 366 g/mol. The van der Waals surface area contributed by atoms with Crippen molar-refractivity contribution in [1.82, 2.24) is 20.4 Å². The van der Waals surface area contributed by atoms with Gasteiger partial charge in [-0.3, -0.25) is 14.6 Å². The van der Waals surface area contributed by atoms with Crippen LogP contribution in [0.2, 0.25) is 0 Å². The fourth-order valence-corrected chi connectivity index (χ4v) is 3.69. The molecule has 29 heavy (non-hydrogen) atoms. The van der Waals surface area contributed by atoms with Gasteiger partial charge in [-0.25, -0.2) is 0 Å². The number of nitrogens with zero attached hydrogens (tertiary/aromatic N) is 3. The van der Waals surface area contributed by atoms with E-state index >= 15 is 0 Å². The van der Waals surface area contributed by atoms with E-state index in [9.17, 15) is 9.59 Å². The zero-order valence-electron chi connectivity index (χ0n) is 18.2. The van der Waals surface area contributed by atoms with E-state index in [-0.39, 0.29) is 11.8 Å². The van der Waals surface area contributed by atoms with E-state index in [2.05, 4.69) is 20.5 Å². The van der Waals surface area contributed by atoms with Crippen LogP contribution in [0.4, 0.5) is 0 Å². The van der Waals surface area contributed by atoms with Gasteiger partial charge >= 0.3 is 0 Å². The van der Waals surface area contributed by atoms with Crippen LogP contribution in [-0.4, -0.2) is 67.8 Å². The Hall–Kier alpha value is -2.57. The first-order valence-corrected chi connectivity index (χ1v) is 10.6. The number of hydrogen-bond donors (Lipinski definition) is 2. The molecule has 7 nitrogen and oxygen atoms in total. The number of carbonyl (C=O) groups is 2. The number of aliphatic imine (C=N–C) groups is 1. The molecule has 2 amide bonds. The highest BCUT2D eigenvalue weighted by Crippen LogP contribution is 2.20. The highest BCUT2D eigenvalue weighted by Gasteiger charge is 2.23. The van der Waals surface area contributed by atoms with E-state index in [0.29, 0.717) is 18.9 Å². The van der Waals surface area contributed by atoms with E-state index in [1.807, 2.05) is 43.0 Å². The maximum atomic E-state index is 12.4. The predicted molar refractivity (Wildman–Crippen MR) is 117 cm³/mol. The molecule has 1 aromatic carbocycles. The van der Waals surface area contributed by atoms with Gasteiger partial charge in [0.15, 0.2) is 5.96 Å². The SMILES string of the molecule is CCN(CC)C(=O)c1ccc(CNC(=NC)N2CCC(CC(=O)NC)CC2)cc1. The van der Waals surface area contributed by atoms with Crippen molar-refractivity contribution in [3.8, 4) is 0 Å². The maximum absolute atomic E-state index is 12.4. The van der Waals surface area contributed by atoms with Crippen molar-refractivity contribution in [3.63, 3.8) is 0 Å². The monoisotopic (exact) mass is 401 g/mol. The van der Waals surface area contributed by atoms with Crippen LogP contribution in [0.1, 0.15) is 49.0 Å². The lowest BCUT2D eigenvalue weighted by atomic mass is 9.93. The predicted octanol–water partition coefficient (Wildman–Crippen LogP) is 2.09. The summed E-state index contributed by atoms with van der Waals surface area (Å²) in [7, 11) is 3.49. The van der Waals surface area contributed by atoms with Crippen molar-refractivity contribution in [2.24, 2.45) is 10.9 Å². The molecule has 1 fully saturated rings. The fourth-order valence-electron chi connectivity index (χ4n) is 3.69. The molecule has 0 bridgehead atoms. The van der Waals surface area contributed by atoms with Crippen molar-refractivity contribution in [2.75, 3.05) is 40.3 Å². The number of hydrogen-bond acceptors (Lipinski definition) is 3. The molecule has 2 rings (SSSR count). The average Bonchev–Trinajstić information content (AvgIpc) is 2.76. The maximum Gasteiger partial charge on any atom is 0.253 e. The molecule has 7 heteroatoms. The van der Waals surface area contributed by atoms with Crippen LogP contribution in [0.3, 0.4) is 0 Å². The van der Waals surface area contributed by atoms with E-state index < -0.39 is 0 Å². The summed E-state index contributed by atoms with van der Waals surface area (Å²) in [6.07, 6.45) is 2.60. The zero-order valence-corrected chi connectivity index (χ0v) is 18.2. The minimum absolute atomic E-state index is 0.0740. The number of carbonyl (C=O) groups excluding carboxylic acids is 2. The lowest BCUT2D eigenvalue weighted by Crippen LogP contribution is -2.45. The number of nitrogens with one attached hydrogen (secondary N) is 2. The molecule has 0 radical (unpaired) electrons. The quantitative estimate of drug-likeness (QED) is 0.542. The summed E-state index contributed by atoms with van der Waals surface area (Å²) in [6.45, 7) is 7.88. The minimum atomic E-state index is 0.0740. The number of rotatable bonds is 7. The van der Waals surface area contributed by atoms with E-state index in [0.717, 1.165) is 56.1 Å². The highest BCUT2D eigenvalue weighted by molar-refractivity contribution is 5.94. The van der Waals surface area contributed by atoms with Gasteiger partial charge < -0.3 is 20.4 Å². The molecule has 1 aliphatic rings. The molecule has 0 unspecified atom stereocenters. The van der Waals surface area contributed by atoms with Gasteiger partial charge in [0.2, 0.25) is 5.91 Å². The summed E-state index contributed by atoms with van der Waals surface area (Å²) >= 11 is 0. The van der Waals surface area contributed by atoms with Crippen LogP contribution >= 0.6 is 0 Å². The summed E-state index contributed by atoms with van der Waals surface area (Å²) in [4.78, 5) is 32.5. The number of guanidine groups is 1. The molecule has 2 N–H and O–H groups in total. The second-order valence-corrected chi connectivity index (χ2v) is 7.38. The van der Waals surface area contributed by atoms with Crippen LogP contribution in [0, 0.1) is 5.92 Å². The molecule has 1 heterocycles. The van der Waals surface area contributed by atoms with Crippen molar-refractivity contribution in [2.45, 2.75) is 39.7 Å². The van der Waals surface area contributed by atoms with Crippen molar-refractivity contribution >= 4 is 17.8 Å². The first kappa shape index (κ1) is 22.7. The van der Waals surface area contributed by atoms with Crippen LogP contribution in [0.25, 0.3) is 0 Å². The molecule has 1 aromatic rings. The molecule has 0 saturated carbocycles. The van der Waals surface area contributed by atoms with Gasteiger partial charge in [0.05, 0.1) is 0 Å². The van der Waals surface area contributed by atoms with Gasteiger partial charge in [-0.05, 0) is 50.3 Å². The highest BCUT2D eigenvalue weighted by atomic mass is 16.2.